The van der Waals surface area contributed by atoms with Crippen LogP contribution in [0.5, 0.6) is 0 Å². The summed E-state index contributed by atoms with van der Waals surface area (Å²) in [5.41, 5.74) is 0.312. The maximum Gasteiger partial charge on any atom is 0.493 e. The minimum absolute atomic E-state index is 0.00541. The molecule has 1 atom stereocenters. The average molecular weight is 500 g/mol. The standard InChI is InChI=1S/C25H23F3N4O4/c26-25(27,28)24(35)36-32-22(33)19-8-4-3-7-18(19)21(30-32)15-9-11-17(12-10-15)31-14-13-20(23(31)34)29-16-5-1-2-6-16/h3-4,7-12,16,20,29H,1-2,5-6,13-14H2. The highest BCUT2D eigenvalue weighted by molar-refractivity contribution is 6.00. The lowest BCUT2D eigenvalue weighted by Gasteiger charge is -2.20. The quantitative estimate of drug-likeness (QED) is 0.579. The van der Waals surface area contributed by atoms with Crippen LogP contribution in [0.25, 0.3) is 22.0 Å². The van der Waals surface area contributed by atoms with Gasteiger partial charge in [0.15, 0.2) is 0 Å². The van der Waals surface area contributed by atoms with Crippen molar-refractivity contribution in [1.82, 2.24) is 15.3 Å². The van der Waals surface area contributed by atoms with Crippen molar-refractivity contribution in [3.05, 3.63) is 58.9 Å². The Kier molecular flexibility index (Phi) is 6.25. The second-order valence-electron chi connectivity index (χ2n) is 8.97. The van der Waals surface area contributed by atoms with E-state index < -0.39 is 17.7 Å². The Hall–Kier alpha value is -3.73. The number of halogens is 3. The zero-order valence-corrected chi connectivity index (χ0v) is 19.1. The van der Waals surface area contributed by atoms with Crippen LogP contribution in [0.2, 0.25) is 0 Å². The van der Waals surface area contributed by atoms with Gasteiger partial charge in [0.2, 0.25) is 5.91 Å². The SMILES string of the molecule is O=C1C(NC2CCCC2)CCN1c1ccc(-c2nn(OC(=O)C(F)(F)F)c(=O)c3ccccc23)cc1. The van der Waals surface area contributed by atoms with Crippen molar-refractivity contribution in [2.75, 3.05) is 11.4 Å². The Morgan fingerprint density at radius 1 is 0.972 bits per heavy atom. The number of hydrogen-bond acceptors (Lipinski definition) is 6. The zero-order chi connectivity index (χ0) is 25.4. The molecule has 1 saturated carbocycles. The summed E-state index contributed by atoms with van der Waals surface area (Å²) in [6.07, 6.45) is -0.0652. The van der Waals surface area contributed by atoms with E-state index in [0.717, 1.165) is 12.8 Å². The minimum Gasteiger partial charge on any atom is -0.311 e. The van der Waals surface area contributed by atoms with E-state index in [2.05, 4.69) is 15.3 Å². The number of rotatable bonds is 5. The largest absolute Gasteiger partial charge is 0.493 e. The maximum absolute atomic E-state index is 13.0. The van der Waals surface area contributed by atoms with Gasteiger partial charge in [0.25, 0.3) is 0 Å². The molecule has 2 heterocycles. The molecule has 1 aliphatic carbocycles. The molecule has 36 heavy (non-hydrogen) atoms. The van der Waals surface area contributed by atoms with Crippen molar-refractivity contribution in [2.45, 2.75) is 50.4 Å². The lowest BCUT2D eigenvalue weighted by atomic mass is 10.0. The van der Waals surface area contributed by atoms with Gasteiger partial charge in [-0.1, -0.05) is 43.2 Å². The molecule has 1 aromatic heterocycles. The number of hydrogen-bond donors (Lipinski definition) is 1. The fourth-order valence-electron chi connectivity index (χ4n) is 4.84. The molecule has 5 rings (SSSR count). The van der Waals surface area contributed by atoms with Crippen LogP contribution >= 0.6 is 0 Å². The molecule has 2 fully saturated rings. The first-order valence-electron chi connectivity index (χ1n) is 11.7. The highest BCUT2D eigenvalue weighted by Crippen LogP contribution is 2.29. The van der Waals surface area contributed by atoms with Crippen molar-refractivity contribution < 1.29 is 27.6 Å². The number of nitrogens with one attached hydrogen (secondary N) is 1. The van der Waals surface area contributed by atoms with Crippen molar-refractivity contribution in [1.29, 1.82) is 0 Å². The van der Waals surface area contributed by atoms with Gasteiger partial charge >= 0.3 is 17.7 Å². The topological polar surface area (TPSA) is 93.5 Å². The number of nitrogens with zero attached hydrogens (tertiary/aromatic N) is 3. The monoisotopic (exact) mass is 500 g/mol. The summed E-state index contributed by atoms with van der Waals surface area (Å²) in [6.45, 7) is 0.571. The van der Waals surface area contributed by atoms with Crippen molar-refractivity contribution in [3.63, 3.8) is 0 Å². The zero-order valence-electron chi connectivity index (χ0n) is 19.1. The van der Waals surface area contributed by atoms with Crippen LogP contribution in [-0.4, -0.2) is 46.6 Å². The first kappa shape index (κ1) is 24.0. The molecule has 1 N–H and O–H groups in total. The number of benzene rings is 2. The van der Waals surface area contributed by atoms with E-state index in [4.69, 9.17) is 0 Å². The smallest absolute Gasteiger partial charge is 0.311 e. The van der Waals surface area contributed by atoms with E-state index in [1.165, 1.54) is 18.9 Å². The third-order valence-corrected chi connectivity index (χ3v) is 6.63. The first-order chi connectivity index (χ1) is 17.2. The van der Waals surface area contributed by atoms with E-state index in [1.54, 1.807) is 47.4 Å². The van der Waals surface area contributed by atoms with Gasteiger partial charge in [-0.25, -0.2) is 4.79 Å². The van der Waals surface area contributed by atoms with Crippen LogP contribution in [0.1, 0.15) is 32.1 Å². The predicted octanol–water partition coefficient (Wildman–Crippen LogP) is 3.22. The Labute approximate surface area is 203 Å². The Morgan fingerprint density at radius 3 is 2.31 bits per heavy atom. The lowest BCUT2D eigenvalue weighted by molar-refractivity contribution is -0.201. The number of aromatic nitrogens is 2. The average Bonchev–Trinajstić information content (AvgIpc) is 3.51. The summed E-state index contributed by atoms with van der Waals surface area (Å²) in [6, 6.07) is 13.1. The van der Waals surface area contributed by atoms with Gasteiger partial charge in [-0.2, -0.15) is 13.2 Å². The van der Waals surface area contributed by atoms with Gasteiger partial charge in [0.05, 0.1) is 11.4 Å². The molecule has 2 aliphatic rings. The summed E-state index contributed by atoms with van der Waals surface area (Å²) in [4.78, 5) is 42.9. The molecule has 0 radical (unpaired) electrons. The highest BCUT2D eigenvalue weighted by Gasteiger charge is 2.42. The van der Waals surface area contributed by atoms with Crippen molar-refractivity contribution >= 4 is 28.3 Å². The van der Waals surface area contributed by atoms with Gasteiger partial charge in [-0.05, 0) is 42.3 Å². The number of anilines is 1. The van der Waals surface area contributed by atoms with E-state index in [9.17, 15) is 27.6 Å². The van der Waals surface area contributed by atoms with E-state index in [-0.39, 0.29) is 27.9 Å². The molecule has 11 heteroatoms. The molecule has 0 bridgehead atoms. The van der Waals surface area contributed by atoms with Crippen LogP contribution in [0.15, 0.2) is 53.3 Å². The third-order valence-electron chi connectivity index (χ3n) is 6.63. The van der Waals surface area contributed by atoms with Crippen LogP contribution in [0, 0.1) is 0 Å². The fraction of sp³-hybridized carbons (Fsp3) is 0.360. The summed E-state index contributed by atoms with van der Waals surface area (Å²) >= 11 is 0. The van der Waals surface area contributed by atoms with Crippen molar-refractivity contribution in [2.24, 2.45) is 0 Å². The first-order valence-corrected chi connectivity index (χ1v) is 11.7. The number of alkyl halides is 3. The van der Waals surface area contributed by atoms with Gasteiger partial charge < -0.3 is 15.1 Å². The number of carbonyl (C=O) groups excluding carboxylic acids is 2. The molecule has 1 amide bonds. The van der Waals surface area contributed by atoms with E-state index in [1.807, 2.05) is 0 Å². The summed E-state index contributed by atoms with van der Waals surface area (Å²) in [7, 11) is 0. The molecule has 1 aliphatic heterocycles. The molecule has 188 valence electrons. The third kappa shape index (κ3) is 4.58. The molecular weight excluding hydrogens is 477 g/mol. The summed E-state index contributed by atoms with van der Waals surface area (Å²) < 4.78 is 38.1. The van der Waals surface area contributed by atoms with Gasteiger partial charge in [0.1, 0.15) is 5.69 Å². The molecule has 1 unspecified atom stereocenters. The van der Waals surface area contributed by atoms with Crippen LogP contribution in [0.3, 0.4) is 0 Å². The minimum atomic E-state index is -5.29. The number of carbonyl (C=O) groups is 2. The second kappa shape index (κ2) is 9.38. The lowest BCUT2D eigenvalue weighted by Crippen LogP contribution is -2.42. The molecule has 1 saturated heterocycles. The molecule has 8 nitrogen and oxygen atoms in total. The molecular formula is C25H23F3N4O4. The summed E-state index contributed by atoms with van der Waals surface area (Å²) in [5.74, 6) is -2.55. The Balaban J connectivity index is 1.43. The van der Waals surface area contributed by atoms with Crippen LogP contribution in [0.4, 0.5) is 18.9 Å². The highest BCUT2D eigenvalue weighted by atomic mass is 19.4. The molecule has 2 aromatic carbocycles. The molecule has 3 aromatic rings. The maximum atomic E-state index is 13.0. The van der Waals surface area contributed by atoms with E-state index >= 15 is 0 Å². The number of fused-ring (bicyclic) bond motifs is 1. The normalized spacial score (nSPS) is 18.8. The van der Waals surface area contributed by atoms with Crippen LogP contribution < -0.4 is 20.6 Å². The van der Waals surface area contributed by atoms with Gasteiger partial charge in [-0.15, -0.1) is 5.10 Å². The van der Waals surface area contributed by atoms with Gasteiger partial charge in [-0.3, -0.25) is 9.59 Å². The predicted molar refractivity (Wildman–Crippen MR) is 125 cm³/mol. The van der Waals surface area contributed by atoms with E-state index in [0.29, 0.717) is 35.6 Å². The number of amides is 1. The van der Waals surface area contributed by atoms with Crippen molar-refractivity contribution in [3.8, 4) is 11.3 Å². The Bertz CT molecular complexity index is 1360. The second-order valence-corrected chi connectivity index (χ2v) is 8.97. The fourth-order valence-corrected chi connectivity index (χ4v) is 4.84. The summed E-state index contributed by atoms with van der Waals surface area (Å²) in [5, 5.41) is 7.79. The van der Waals surface area contributed by atoms with Gasteiger partial charge in [0, 0.05) is 29.2 Å². The molecule has 0 spiro atoms. The Morgan fingerprint density at radius 2 is 1.64 bits per heavy atom. The van der Waals surface area contributed by atoms with Crippen LogP contribution in [-0.2, 0) is 9.59 Å².